The molecular formula is C20H34O2. The second-order valence-corrected chi connectivity index (χ2v) is 8.38. The summed E-state index contributed by atoms with van der Waals surface area (Å²) in [7, 11) is 0. The van der Waals surface area contributed by atoms with Crippen LogP contribution in [0.15, 0.2) is 23.8 Å². The van der Waals surface area contributed by atoms with Crippen LogP contribution in [0, 0.1) is 10.8 Å². The molecule has 0 bridgehead atoms. The van der Waals surface area contributed by atoms with Crippen molar-refractivity contribution in [2.24, 2.45) is 10.8 Å². The van der Waals surface area contributed by atoms with E-state index in [1.165, 1.54) is 19.3 Å². The highest BCUT2D eigenvalue weighted by molar-refractivity contribution is 5.30. The lowest BCUT2D eigenvalue weighted by atomic mass is 9.64. The largest absolute Gasteiger partial charge is 0.393 e. The molecule has 0 heterocycles. The summed E-state index contributed by atoms with van der Waals surface area (Å²) in [6.07, 6.45) is 15.2. The summed E-state index contributed by atoms with van der Waals surface area (Å²) in [6.45, 7) is 8.22. The lowest BCUT2D eigenvalue weighted by Gasteiger charge is -2.42. The molecule has 2 fully saturated rings. The molecule has 0 saturated heterocycles. The molecule has 126 valence electrons. The molecule has 22 heavy (non-hydrogen) atoms. The number of allylic oxidation sites excluding steroid dienone is 3. The van der Waals surface area contributed by atoms with Crippen molar-refractivity contribution in [2.45, 2.75) is 90.8 Å². The molecule has 0 amide bonds. The van der Waals surface area contributed by atoms with E-state index in [1.807, 2.05) is 19.9 Å². The van der Waals surface area contributed by atoms with Gasteiger partial charge in [-0.1, -0.05) is 44.1 Å². The zero-order valence-corrected chi connectivity index (χ0v) is 14.9. The van der Waals surface area contributed by atoms with E-state index >= 15 is 0 Å². The Bertz CT molecular complexity index is 437. The summed E-state index contributed by atoms with van der Waals surface area (Å²) >= 11 is 0. The predicted molar refractivity (Wildman–Crippen MR) is 92.7 cm³/mol. The molecular weight excluding hydrogens is 272 g/mol. The molecule has 2 rings (SSSR count). The monoisotopic (exact) mass is 306 g/mol. The van der Waals surface area contributed by atoms with Gasteiger partial charge in [0.1, 0.15) is 0 Å². The van der Waals surface area contributed by atoms with Crippen LogP contribution in [-0.2, 0) is 0 Å². The molecule has 0 aromatic rings. The van der Waals surface area contributed by atoms with Crippen molar-refractivity contribution in [3.8, 4) is 0 Å². The Balaban J connectivity index is 2.17. The SMILES string of the molecule is CC/C=C(/C1(C/C=C\C(C)(C)O)CC1)[C@@]1(C)CCC[C@H](O)C1. The van der Waals surface area contributed by atoms with Crippen LogP contribution in [-0.4, -0.2) is 21.9 Å². The number of hydrogen-bond acceptors (Lipinski definition) is 2. The van der Waals surface area contributed by atoms with Crippen LogP contribution in [0.3, 0.4) is 0 Å². The van der Waals surface area contributed by atoms with Gasteiger partial charge in [0.05, 0.1) is 11.7 Å². The van der Waals surface area contributed by atoms with Crippen LogP contribution in [0.4, 0.5) is 0 Å². The van der Waals surface area contributed by atoms with Crippen molar-refractivity contribution in [3.05, 3.63) is 23.8 Å². The second-order valence-electron chi connectivity index (χ2n) is 8.38. The number of aliphatic hydroxyl groups excluding tert-OH is 1. The van der Waals surface area contributed by atoms with E-state index in [-0.39, 0.29) is 11.5 Å². The average Bonchev–Trinajstić information content (AvgIpc) is 3.14. The summed E-state index contributed by atoms with van der Waals surface area (Å²) in [5.41, 5.74) is 1.31. The van der Waals surface area contributed by atoms with Gasteiger partial charge in [-0.05, 0) is 69.6 Å². The first kappa shape index (κ1) is 17.7. The van der Waals surface area contributed by atoms with Crippen LogP contribution >= 0.6 is 0 Å². The number of rotatable bonds is 6. The molecule has 0 aromatic heterocycles. The van der Waals surface area contributed by atoms with Gasteiger partial charge >= 0.3 is 0 Å². The van der Waals surface area contributed by atoms with E-state index in [0.717, 1.165) is 32.1 Å². The fraction of sp³-hybridized carbons (Fsp3) is 0.800. The fourth-order valence-corrected chi connectivity index (χ4v) is 4.31. The number of aliphatic hydroxyl groups is 2. The van der Waals surface area contributed by atoms with Crippen molar-refractivity contribution in [1.29, 1.82) is 0 Å². The highest BCUT2D eigenvalue weighted by Gasteiger charge is 2.51. The maximum absolute atomic E-state index is 10.2. The molecule has 0 aromatic carbocycles. The lowest BCUT2D eigenvalue weighted by Crippen LogP contribution is -2.33. The molecule has 0 radical (unpaired) electrons. The maximum atomic E-state index is 10.2. The lowest BCUT2D eigenvalue weighted by molar-refractivity contribution is 0.0680. The zero-order chi connectivity index (χ0) is 16.4. The fourth-order valence-electron chi connectivity index (χ4n) is 4.31. The highest BCUT2D eigenvalue weighted by Crippen LogP contribution is 2.62. The molecule has 2 aliphatic rings. The minimum Gasteiger partial charge on any atom is -0.393 e. The molecule has 2 atom stereocenters. The van der Waals surface area contributed by atoms with E-state index in [1.54, 1.807) is 5.57 Å². The van der Waals surface area contributed by atoms with Gasteiger partial charge < -0.3 is 10.2 Å². The van der Waals surface area contributed by atoms with Gasteiger partial charge in [-0.2, -0.15) is 0 Å². The highest BCUT2D eigenvalue weighted by atomic mass is 16.3. The van der Waals surface area contributed by atoms with Gasteiger partial charge in [0, 0.05) is 0 Å². The van der Waals surface area contributed by atoms with Crippen molar-refractivity contribution in [1.82, 2.24) is 0 Å². The quantitative estimate of drug-likeness (QED) is 0.694. The topological polar surface area (TPSA) is 40.5 Å². The molecule has 2 heteroatoms. The Morgan fingerprint density at radius 3 is 2.45 bits per heavy atom. The maximum Gasteiger partial charge on any atom is 0.0771 e. The Hall–Kier alpha value is -0.600. The molecule has 0 aliphatic heterocycles. The predicted octanol–water partition coefficient (Wildman–Crippen LogP) is 4.76. The van der Waals surface area contributed by atoms with Crippen LogP contribution in [0.25, 0.3) is 0 Å². The van der Waals surface area contributed by atoms with Gasteiger partial charge in [-0.3, -0.25) is 0 Å². The summed E-state index contributed by atoms with van der Waals surface area (Å²) in [5, 5.41) is 20.0. The minimum atomic E-state index is -0.727. The molecule has 2 saturated carbocycles. The Kier molecular flexibility index (Phi) is 5.23. The van der Waals surface area contributed by atoms with Crippen molar-refractivity contribution < 1.29 is 10.2 Å². The number of hydrogen-bond donors (Lipinski definition) is 2. The standard InChI is InChI=1S/C20H34O2/c1-5-8-17(19(4)11-6-9-16(21)15-19)20(13-14-20)12-7-10-18(2,3)22/h7-8,10,16,21-22H,5-6,9,11-15H2,1-4H3/b10-7-,17-8+/t16-,19-/m0/s1. The third-order valence-corrected chi connectivity index (χ3v) is 5.47. The van der Waals surface area contributed by atoms with Gasteiger partial charge in [-0.15, -0.1) is 0 Å². The van der Waals surface area contributed by atoms with E-state index in [4.69, 9.17) is 0 Å². The Morgan fingerprint density at radius 1 is 1.27 bits per heavy atom. The summed E-state index contributed by atoms with van der Waals surface area (Å²) < 4.78 is 0. The van der Waals surface area contributed by atoms with Gasteiger partial charge in [0.15, 0.2) is 0 Å². The van der Waals surface area contributed by atoms with Crippen LogP contribution in [0.1, 0.15) is 79.1 Å². The summed E-state index contributed by atoms with van der Waals surface area (Å²) in [5.74, 6) is 0. The third-order valence-electron chi connectivity index (χ3n) is 5.47. The van der Waals surface area contributed by atoms with Crippen molar-refractivity contribution in [3.63, 3.8) is 0 Å². The molecule has 2 aliphatic carbocycles. The van der Waals surface area contributed by atoms with Gasteiger partial charge in [-0.25, -0.2) is 0 Å². The van der Waals surface area contributed by atoms with Crippen LogP contribution < -0.4 is 0 Å². The summed E-state index contributed by atoms with van der Waals surface area (Å²) in [4.78, 5) is 0. The molecule has 2 nitrogen and oxygen atoms in total. The van der Waals surface area contributed by atoms with E-state index in [0.29, 0.717) is 5.41 Å². The smallest absolute Gasteiger partial charge is 0.0771 e. The summed E-state index contributed by atoms with van der Waals surface area (Å²) in [6, 6.07) is 0. The molecule has 0 unspecified atom stereocenters. The van der Waals surface area contributed by atoms with E-state index in [9.17, 15) is 10.2 Å². The minimum absolute atomic E-state index is 0.137. The van der Waals surface area contributed by atoms with Crippen LogP contribution in [0.2, 0.25) is 0 Å². The third kappa shape index (κ3) is 4.23. The van der Waals surface area contributed by atoms with Gasteiger partial charge in [0.25, 0.3) is 0 Å². The van der Waals surface area contributed by atoms with Crippen molar-refractivity contribution in [2.75, 3.05) is 0 Å². The average molecular weight is 306 g/mol. The van der Waals surface area contributed by atoms with E-state index < -0.39 is 5.60 Å². The molecule has 2 N–H and O–H groups in total. The first-order chi connectivity index (χ1) is 10.2. The zero-order valence-electron chi connectivity index (χ0n) is 14.9. The Morgan fingerprint density at radius 2 is 1.95 bits per heavy atom. The second kappa shape index (κ2) is 6.49. The first-order valence-electron chi connectivity index (χ1n) is 9.00. The normalized spacial score (nSPS) is 32.5. The molecule has 0 spiro atoms. The Labute approximate surface area is 136 Å². The van der Waals surface area contributed by atoms with Crippen LogP contribution in [0.5, 0.6) is 0 Å². The van der Waals surface area contributed by atoms with Gasteiger partial charge in [0.2, 0.25) is 0 Å². The van der Waals surface area contributed by atoms with E-state index in [2.05, 4.69) is 26.0 Å². The first-order valence-corrected chi connectivity index (χ1v) is 9.00. The van der Waals surface area contributed by atoms with Crippen molar-refractivity contribution >= 4 is 0 Å².